The van der Waals surface area contributed by atoms with E-state index in [1.165, 1.54) is 21.6 Å². The summed E-state index contributed by atoms with van der Waals surface area (Å²) in [7, 11) is 0. The molecule has 168 valence electrons. The third-order valence-electron chi connectivity index (χ3n) is 6.06. The van der Waals surface area contributed by atoms with Crippen LogP contribution < -0.4 is 0 Å². The van der Waals surface area contributed by atoms with Crippen LogP contribution in [0.15, 0.2) is 35.7 Å². The van der Waals surface area contributed by atoms with Crippen molar-refractivity contribution in [3.8, 4) is 0 Å². The SMILES string of the molecule is CCCCCN(CC(=O)N1CCc2sccc2C1c1ccccc1C)C(=O)C(C)(C)C. The summed E-state index contributed by atoms with van der Waals surface area (Å²) >= 11 is 1.78. The van der Waals surface area contributed by atoms with Crippen LogP contribution in [0.25, 0.3) is 0 Å². The summed E-state index contributed by atoms with van der Waals surface area (Å²) in [5.41, 5.74) is 3.10. The van der Waals surface area contributed by atoms with Crippen molar-refractivity contribution in [2.75, 3.05) is 19.6 Å². The first-order valence-corrected chi connectivity index (χ1v) is 12.3. The second kappa shape index (κ2) is 9.99. The number of carbonyl (C=O) groups is 2. The first-order chi connectivity index (χ1) is 14.7. The molecule has 5 heteroatoms. The second-order valence-electron chi connectivity index (χ2n) is 9.58. The van der Waals surface area contributed by atoms with Crippen LogP contribution in [0.2, 0.25) is 0 Å². The van der Waals surface area contributed by atoms with Crippen molar-refractivity contribution in [2.45, 2.75) is 66.3 Å². The molecule has 3 rings (SSSR count). The summed E-state index contributed by atoms with van der Waals surface area (Å²) in [4.78, 5) is 31.9. The number of rotatable bonds is 7. The fraction of sp³-hybridized carbons (Fsp3) is 0.538. The molecule has 31 heavy (non-hydrogen) atoms. The zero-order valence-electron chi connectivity index (χ0n) is 19.6. The van der Waals surface area contributed by atoms with Crippen LogP contribution in [0, 0.1) is 12.3 Å². The molecule has 0 saturated heterocycles. The van der Waals surface area contributed by atoms with Crippen LogP contribution in [0.3, 0.4) is 0 Å². The predicted molar refractivity (Wildman–Crippen MR) is 128 cm³/mol. The van der Waals surface area contributed by atoms with Gasteiger partial charge in [-0.3, -0.25) is 9.59 Å². The molecule has 2 heterocycles. The second-order valence-corrected chi connectivity index (χ2v) is 10.6. The van der Waals surface area contributed by atoms with E-state index in [4.69, 9.17) is 0 Å². The highest BCUT2D eigenvalue weighted by Gasteiger charge is 2.35. The minimum atomic E-state index is -0.496. The lowest BCUT2D eigenvalue weighted by molar-refractivity contribution is -0.146. The van der Waals surface area contributed by atoms with Crippen LogP contribution in [-0.2, 0) is 16.0 Å². The fourth-order valence-electron chi connectivity index (χ4n) is 4.35. The van der Waals surface area contributed by atoms with Gasteiger partial charge in [0.2, 0.25) is 11.8 Å². The Labute approximate surface area is 191 Å². The summed E-state index contributed by atoms with van der Waals surface area (Å²) in [5, 5.41) is 2.13. The van der Waals surface area contributed by atoms with Gasteiger partial charge in [0.1, 0.15) is 0 Å². The smallest absolute Gasteiger partial charge is 0.242 e. The predicted octanol–water partition coefficient (Wildman–Crippen LogP) is 5.60. The molecule has 1 aromatic carbocycles. The highest BCUT2D eigenvalue weighted by atomic mass is 32.1. The number of hydrogen-bond acceptors (Lipinski definition) is 3. The lowest BCUT2D eigenvalue weighted by Gasteiger charge is -2.39. The van der Waals surface area contributed by atoms with Gasteiger partial charge in [-0.15, -0.1) is 11.3 Å². The van der Waals surface area contributed by atoms with Gasteiger partial charge < -0.3 is 9.80 Å². The van der Waals surface area contributed by atoms with Gasteiger partial charge in [-0.2, -0.15) is 0 Å². The zero-order valence-corrected chi connectivity index (χ0v) is 20.4. The van der Waals surface area contributed by atoms with E-state index >= 15 is 0 Å². The van der Waals surface area contributed by atoms with Gasteiger partial charge in [-0.1, -0.05) is 64.8 Å². The first-order valence-electron chi connectivity index (χ1n) is 11.4. The first kappa shape index (κ1) is 23.5. The number of benzene rings is 1. The molecular weight excluding hydrogens is 404 g/mol. The molecule has 1 aliphatic rings. The van der Waals surface area contributed by atoms with Crippen molar-refractivity contribution < 1.29 is 9.59 Å². The maximum absolute atomic E-state index is 13.6. The lowest BCUT2D eigenvalue weighted by Crippen LogP contribution is -2.49. The van der Waals surface area contributed by atoms with Crippen LogP contribution in [-0.4, -0.2) is 41.2 Å². The van der Waals surface area contributed by atoms with E-state index < -0.39 is 5.41 Å². The lowest BCUT2D eigenvalue weighted by atomic mass is 9.90. The summed E-state index contributed by atoms with van der Waals surface area (Å²) < 4.78 is 0. The van der Waals surface area contributed by atoms with Gasteiger partial charge >= 0.3 is 0 Å². The van der Waals surface area contributed by atoms with Crippen molar-refractivity contribution in [3.05, 3.63) is 57.3 Å². The van der Waals surface area contributed by atoms with Gasteiger partial charge in [0.25, 0.3) is 0 Å². The quantitative estimate of drug-likeness (QED) is 0.526. The molecule has 1 aromatic heterocycles. The van der Waals surface area contributed by atoms with Crippen molar-refractivity contribution >= 4 is 23.2 Å². The van der Waals surface area contributed by atoms with Crippen molar-refractivity contribution in [1.29, 1.82) is 0 Å². The number of thiophene rings is 1. The van der Waals surface area contributed by atoms with Crippen LogP contribution in [0.1, 0.15) is 74.6 Å². The van der Waals surface area contributed by atoms with Gasteiger partial charge in [-0.25, -0.2) is 0 Å². The van der Waals surface area contributed by atoms with Crippen molar-refractivity contribution in [1.82, 2.24) is 9.80 Å². The number of aryl methyl sites for hydroxylation is 1. The van der Waals surface area contributed by atoms with Crippen molar-refractivity contribution in [2.24, 2.45) is 5.41 Å². The number of carbonyl (C=O) groups excluding carboxylic acids is 2. The molecule has 0 radical (unpaired) electrons. The van der Waals surface area contributed by atoms with E-state index in [0.29, 0.717) is 13.1 Å². The Kier molecular flexibility index (Phi) is 7.58. The van der Waals surface area contributed by atoms with Gasteiger partial charge in [0.05, 0.1) is 12.6 Å². The summed E-state index contributed by atoms with van der Waals surface area (Å²) in [6.07, 6.45) is 3.97. The summed E-state index contributed by atoms with van der Waals surface area (Å²) in [5.74, 6) is 0.0943. The Bertz CT molecular complexity index is 912. The number of hydrogen-bond donors (Lipinski definition) is 0. The molecule has 0 spiro atoms. The molecule has 2 amide bonds. The Morgan fingerprint density at radius 3 is 2.55 bits per heavy atom. The monoisotopic (exact) mass is 440 g/mol. The van der Waals surface area contributed by atoms with E-state index in [9.17, 15) is 9.59 Å². The molecule has 2 aromatic rings. The molecule has 0 bridgehead atoms. The maximum atomic E-state index is 13.6. The highest BCUT2D eigenvalue weighted by molar-refractivity contribution is 7.10. The molecule has 1 unspecified atom stereocenters. The Morgan fingerprint density at radius 2 is 1.87 bits per heavy atom. The van der Waals surface area contributed by atoms with E-state index in [1.807, 2.05) is 37.8 Å². The number of fused-ring (bicyclic) bond motifs is 1. The average Bonchev–Trinajstić information content (AvgIpc) is 3.20. The normalized spacial score (nSPS) is 16.2. The van der Waals surface area contributed by atoms with E-state index in [2.05, 4.69) is 37.4 Å². The number of unbranched alkanes of at least 4 members (excludes halogenated alkanes) is 2. The summed E-state index contributed by atoms with van der Waals surface area (Å²) in [6, 6.07) is 10.4. The van der Waals surface area contributed by atoms with E-state index in [0.717, 1.165) is 25.7 Å². The van der Waals surface area contributed by atoms with E-state index in [1.54, 1.807) is 16.2 Å². The van der Waals surface area contributed by atoms with Gasteiger partial charge in [-0.05, 0) is 47.9 Å². The largest absolute Gasteiger partial charge is 0.333 e. The third-order valence-corrected chi connectivity index (χ3v) is 7.05. The summed E-state index contributed by atoms with van der Waals surface area (Å²) in [6.45, 7) is 11.5. The molecule has 1 atom stereocenters. The maximum Gasteiger partial charge on any atom is 0.242 e. The molecule has 0 aliphatic carbocycles. The minimum absolute atomic E-state index is 0.0409. The molecule has 0 fully saturated rings. The van der Waals surface area contributed by atoms with Crippen LogP contribution >= 0.6 is 11.3 Å². The standard InChI is InChI=1S/C26H36N2O2S/c1-6-7-10-15-27(25(30)26(3,4)5)18-23(29)28-16-13-22-21(14-17-31-22)24(28)20-12-9-8-11-19(20)2/h8-9,11-12,14,17,24H,6-7,10,13,15-16,18H2,1-5H3. The van der Waals surface area contributed by atoms with E-state index in [-0.39, 0.29) is 24.4 Å². The highest BCUT2D eigenvalue weighted by Crippen LogP contribution is 2.39. The Morgan fingerprint density at radius 1 is 1.13 bits per heavy atom. The Hall–Kier alpha value is -2.14. The van der Waals surface area contributed by atoms with Gasteiger partial charge in [0, 0.05) is 23.4 Å². The molecule has 0 N–H and O–H groups in total. The number of amides is 2. The zero-order chi connectivity index (χ0) is 22.6. The fourth-order valence-corrected chi connectivity index (χ4v) is 5.25. The van der Waals surface area contributed by atoms with Gasteiger partial charge in [0.15, 0.2) is 0 Å². The molecule has 1 aliphatic heterocycles. The van der Waals surface area contributed by atoms with Crippen molar-refractivity contribution in [3.63, 3.8) is 0 Å². The average molecular weight is 441 g/mol. The molecule has 4 nitrogen and oxygen atoms in total. The minimum Gasteiger partial charge on any atom is -0.333 e. The van der Waals surface area contributed by atoms with Crippen LogP contribution in [0.4, 0.5) is 0 Å². The third kappa shape index (κ3) is 5.38. The van der Waals surface area contributed by atoms with Crippen LogP contribution in [0.5, 0.6) is 0 Å². The topological polar surface area (TPSA) is 40.6 Å². The number of nitrogens with zero attached hydrogens (tertiary/aromatic N) is 2. The molecular formula is C26H36N2O2S. The molecule has 0 saturated carbocycles. The Balaban J connectivity index is 1.88.